The molecule has 0 unspecified atom stereocenters. The molecule has 7 heteroatoms. The predicted molar refractivity (Wildman–Crippen MR) is 59.0 cm³/mol. The zero-order valence-corrected chi connectivity index (χ0v) is 10.3. The Balaban J connectivity index is 4.10. The van der Waals surface area contributed by atoms with E-state index in [4.69, 9.17) is 5.11 Å². The molecule has 0 fully saturated rings. The molecular formula is C11H18F3NO3. The largest absolute Gasteiger partial charge is 0.481 e. The van der Waals surface area contributed by atoms with Crippen LogP contribution in [0, 0.1) is 0 Å². The Hall–Kier alpha value is -1.27. The van der Waals surface area contributed by atoms with Gasteiger partial charge in [0.25, 0.3) is 0 Å². The van der Waals surface area contributed by atoms with Gasteiger partial charge in [-0.2, -0.15) is 13.2 Å². The summed E-state index contributed by atoms with van der Waals surface area (Å²) in [5.74, 6) is -1.54. The van der Waals surface area contributed by atoms with Gasteiger partial charge < -0.3 is 10.0 Å². The molecule has 0 rings (SSSR count). The third-order valence-electron chi connectivity index (χ3n) is 2.25. The standard InChI is InChI=1S/C11H18F3NO3/c1-2-7-15(8-11(12,13)14)9(16)5-3-4-6-10(17)18/h2-8H2,1H3,(H,17,18). The summed E-state index contributed by atoms with van der Waals surface area (Å²) in [4.78, 5) is 22.5. The maximum Gasteiger partial charge on any atom is 0.406 e. The number of aliphatic carboxylic acids is 1. The number of nitrogens with zero attached hydrogens (tertiary/aromatic N) is 1. The van der Waals surface area contributed by atoms with Crippen LogP contribution in [0.2, 0.25) is 0 Å². The molecule has 1 amide bonds. The summed E-state index contributed by atoms with van der Waals surface area (Å²) < 4.78 is 36.6. The molecule has 0 aliphatic heterocycles. The van der Waals surface area contributed by atoms with Crippen LogP contribution < -0.4 is 0 Å². The first-order chi connectivity index (χ1) is 8.26. The second kappa shape index (κ2) is 7.94. The Bertz CT molecular complexity index is 279. The number of carbonyl (C=O) groups excluding carboxylic acids is 1. The van der Waals surface area contributed by atoms with E-state index >= 15 is 0 Å². The fourth-order valence-electron chi connectivity index (χ4n) is 1.49. The van der Waals surface area contributed by atoms with Crippen molar-refractivity contribution in [2.45, 2.75) is 45.2 Å². The highest BCUT2D eigenvalue weighted by Crippen LogP contribution is 2.17. The Morgan fingerprint density at radius 1 is 1.17 bits per heavy atom. The molecule has 0 aliphatic carbocycles. The van der Waals surface area contributed by atoms with Crippen LogP contribution in [0.1, 0.15) is 39.0 Å². The van der Waals surface area contributed by atoms with Crippen LogP contribution >= 0.6 is 0 Å². The first-order valence-corrected chi connectivity index (χ1v) is 5.82. The third kappa shape index (κ3) is 8.83. The zero-order valence-electron chi connectivity index (χ0n) is 10.3. The van der Waals surface area contributed by atoms with E-state index in [1.165, 1.54) is 0 Å². The number of halogens is 3. The Labute approximate surface area is 104 Å². The molecule has 0 aromatic rings. The minimum atomic E-state index is -4.40. The number of carbonyl (C=O) groups is 2. The number of hydrogen-bond acceptors (Lipinski definition) is 2. The highest BCUT2D eigenvalue weighted by atomic mass is 19.4. The second-order valence-corrected chi connectivity index (χ2v) is 4.03. The van der Waals surface area contributed by atoms with Gasteiger partial charge in [0.15, 0.2) is 0 Å². The summed E-state index contributed by atoms with van der Waals surface area (Å²) >= 11 is 0. The number of amides is 1. The van der Waals surface area contributed by atoms with Gasteiger partial charge in [0.05, 0.1) is 0 Å². The van der Waals surface area contributed by atoms with E-state index in [0.29, 0.717) is 19.3 Å². The molecule has 0 saturated carbocycles. The highest BCUT2D eigenvalue weighted by Gasteiger charge is 2.32. The molecule has 0 aromatic carbocycles. The van der Waals surface area contributed by atoms with Crippen LogP contribution in [0.4, 0.5) is 13.2 Å². The van der Waals surface area contributed by atoms with Gasteiger partial charge in [-0.1, -0.05) is 6.92 Å². The van der Waals surface area contributed by atoms with E-state index in [1.807, 2.05) is 0 Å². The van der Waals surface area contributed by atoms with E-state index in [-0.39, 0.29) is 19.4 Å². The lowest BCUT2D eigenvalue weighted by Gasteiger charge is -2.23. The van der Waals surface area contributed by atoms with Crippen LogP contribution in [0.5, 0.6) is 0 Å². The molecule has 0 atom stereocenters. The quantitative estimate of drug-likeness (QED) is 0.688. The van der Waals surface area contributed by atoms with Gasteiger partial charge in [-0.3, -0.25) is 9.59 Å². The smallest absolute Gasteiger partial charge is 0.406 e. The number of carboxylic acids is 1. The minimum Gasteiger partial charge on any atom is -0.481 e. The number of carboxylic acid groups (broad SMARTS) is 1. The number of rotatable bonds is 8. The molecule has 0 aromatic heterocycles. The van der Waals surface area contributed by atoms with Gasteiger partial charge in [0.1, 0.15) is 6.54 Å². The summed E-state index contributed by atoms with van der Waals surface area (Å²) in [7, 11) is 0. The number of alkyl halides is 3. The van der Waals surface area contributed by atoms with Gasteiger partial charge >= 0.3 is 12.1 Å². The van der Waals surface area contributed by atoms with Crippen molar-refractivity contribution in [1.29, 1.82) is 0 Å². The molecule has 0 heterocycles. The lowest BCUT2D eigenvalue weighted by molar-refractivity contribution is -0.161. The van der Waals surface area contributed by atoms with Gasteiger partial charge in [-0.25, -0.2) is 0 Å². The summed E-state index contributed by atoms with van der Waals surface area (Å²) in [5.41, 5.74) is 0. The summed E-state index contributed by atoms with van der Waals surface area (Å²) in [5, 5.41) is 8.38. The van der Waals surface area contributed by atoms with Crippen LogP contribution in [0.25, 0.3) is 0 Å². The number of hydrogen-bond donors (Lipinski definition) is 1. The van der Waals surface area contributed by atoms with Crippen molar-refractivity contribution >= 4 is 11.9 Å². The Morgan fingerprint density at radius 2 is 1.72 bits per heavy atom. The normalized spacial score (nSPS) is 11.3. The fourth-order valence-corrected chi connectivity index (χ4v) is 1.49. The SMILES string of the molecule is CCCN(CC(F)(F)F)C(=O)CCCCC(=O)O. The molecule has 0 aliphatic rings. The average Bonchev–Trinajstić information content (AvgIpc) is 2.21. The van der Waals surface area contributed by atoms with Crippen molar-refractivity contribution in [2.75, 3.05) is 13.1 Å². The topological polar surface area (TPSA) is 57.6 Å². The number of unbranched alkanes of at least 4 members (excludes halogenated alkanes) is 1. The van der Waals surface area contributed by atoms with E-state index in [0.717, 1.165) is 4.90 Å². The second-order valence-electron chi connectivity index (χ2n) is 4.03. The summed E-state index contributed by atoms with van der Waals surface area (Å²) in [6.07, 6.45) is -3.46. The van der Waals surface area contributed by atoms with Gasteiger partial charge in [0.2, 0.25) is 5.91 Å². The average molecular weight is 269 g/mol. The molecule has 106 valence electrons. The van der Waals surface area contributed by atoms with E-state index in [9.17, 15) is 22.8 Å². The molecule has 1 N–H and O–H groups in total. The molecule has 4 nitrogen and oxygen atoms in total. The van der Waals surface area contributed by atoms with Crippen molar-refractivity contribution in [3.8, 4) is 0 Å². The Morgan fingerprint density at radius 3 is 2.17 bits per heavy atom. The van der Waals surface area contributed by atoms with E-state index in [1.54, 1.807) is 6.92 Å². The molecular weight excluding hydrogens is 251 g/mol. The van der Waals surface area contributed by atoms with Gasteiger partial charge in [0, 0.05) is 19.4 Å². The van der Waals surface area contributed by atoms with Crippen LogP contribution in [0.3, 0.4) is 0 Å². The maximum absolute atomic E-state index is 12.2. The highest BCUT2D eigenvalue weighted by molar-refractivity contribution is 5.76. The summed E-state index contributed by atoms with van der Waals surface area (Å²) in [6.45, 7) is 0.525. The van der Waals surface area contributed by atoms with Crippen molar-refractivity contribution in [1.82, 2.24) is 4.90 Å². The van der Waals surface area contributed by atoms with Crippen molar-refractivity contribution in [3.63, 3.8) is 0 Å². The van der Waals surface area contributed by atoms with Crippen molar-refractivity contribution in [2.24, 2.45) is 0 Å². The predicted octanol–water partition coefficient (Wildman–Crippen LogP) is 2.43. The van der Waals surface area contributed by atoms with Crippen molar-refractivity contribution < 1.29 is 27.9 Å². The lowest BCUT2D eigenvalue weighted by atomic mass is 10.2. The lowest BCUT2D eigenvalue weighted by Crippen LogP contribution is -2.39. The Kier molecular flexibility index (Phi) is 7.38. The van der Waals surface area contributed by atoms with Gasteiger partial charge in [-0.05, 0) is 19.3 Å². The monoisotopic (exact) mass is 269 g/mol. The first-order valence-electron chi connectivity index (χ1n) is 5.82. The van der Waals surface area contributed by atoms with Crippen LogP contribution in [0.15, 0.2) is 0 Å². The molecule has 0 radical (unpaired) electrons. The fraction of sp³-hybridized carbons (Fsp3) is 0.818. The maximum atomic E-state index is 12.2. The third-order valence-corrected chi connectivity index (χ3v) is 2.25. The minimum absolute atomic E-state index is 0.0383. The van der Waals surface area contributed by atoms with E-state index < -0.39 is 24.6 Å². The summed E-state index contributed by atoms with van der Waals surface area (Å²) in [6, 6.07) is 0. The van der Waals surface area contributed by atoms with Gasteiger partial charge in [-0.15, -0.1) is 0 Å². The van der Waals surface area contributed by atoms with E-state index in [2.05, 4.69) is 0 Å². The zero-order chi connectivity index (χ0) is 14.2. The first kappa shape index (κ1) is 16.7. The van der Waals surface area contributed by atoms with Crippen LogP contribution in [-0.2, 0) is 9.59 Å². The molecule has 18 heavy (non-hydrogen) atoms. The molecule has 0 saturated heterocycles. The van der Waals surface area contributed by atoms with Crippen LogP contribution in [-0.4, -0.2) is 41.1 Å². The molecule has 0 bridgehead atoms. The molecule has 0 spiro atoms. The van der Waals surface area contributed by atoms with Crippen molar-refractivity contribution in [3.05, 3.63) is 0 Å².